The van der Waals surface area contributed by atoms with E-state index in [0.29, 0.717) is 12.2 Å². The number of carbonyl (C=O) groups excluding carboxylic acids is 1. The Labute approximate surface area is 113 Å². The molecule has 1 rings (SSSR count). The van der Waals surface area contributed by atoms with Gasteiger partial charge >= 0.3 is 5.97 Å². The van der Waals surface area contributed by atoms with E-state index in [0.717, 1.165) is 5.56 Å². The molecule has 0 aliphatic rings. The van der Waals surface area contributed by atoms with Gasteiger partial charge in [0.05, 0.1) is 19.8 Å². The zero-order chi connectivity index (χ0) is 14.5. The number of methoxy groups -OCH3 is 1. The van der Waals surface area contributed by atoms with Crippen molar-refractivity contribution in [3.05, 3.63) is 29.8 Å². The summed E-state index contributed by atoms with van der Waals surface area (Å²) in [5.41, 5.74) is 5.58. The predicted octanol–water partition coefficient (Wildman–Crippen LogP) is 1.23. The summed E-state index contributed by atoms with van der Waals surface area (Å²) < 4.78 is 10.3. The van der Waals surface area contributed by atoms with Gasteiger partial charge in [0, 0.05) is 6.42 Å². The summed E-state index contributed by atoms with van der Waals surface area (Å²) in [6.07, 6.45) is 0.0892. The zero-order valence-corrected chi connectivity index (χ0v) is 11.6. The van der Waals surface area contributed by atoms with Gasteiger partial charge in [0.1, 0.15) is 11.3 Å². The highest BCUT2D eigenvalue weighted by Gasteiger charge is 2.32. The molecule has 2 atom stereocenters. The molecule has 0 aromatic heterocycles. The third kappa shape index (κ3) is 4.54. The van der Waals surface area contributed by atoms with Gasteiger partial charge in [-0.05, 0) is 31.5 Å². The van der Waals surface area contributed by atoms with Crippen LogP contribution in [0.3, 0.4) is 0 Å². The zero-order valence-electron chi connectivity index (χ0n) is 11.6. The third-order valence-electron chi connectivity index (χ3n) is 2.78. The first-order chi connectivity index (χ1) is 8.89. The van der Waals surface area contributed by atoms with Crippen LogP contribution in [-0.4, -0.2) is 29.8 Å². The van der Waals surface area contributed by atoms with Crippen LogP contribution in [0, 0.1) is 0 Å². The molecule has 1 aromatic rings. The van der Waals surface area contributed by atoms with Crippen LogP contribution in [0.1, 0.15) is 25.8 Å². The van der Waals surface area contributed by atoms with E-state index in [1.807, 2.05) is 6.92 Å². The average Bonchev–Trinajstić information content (AvgIpc) is 2.37. The number of nitrogens with two attached hydrogens (primary N) is 1. The molecule has 0 amide bonds. The molecular weight excluding hydrogens is 246 g/mol. The van der Waals surface area contributed by atoms with Crippen molar-refractivity contribution in [2.75, 3.05) is 7.11 Å². The van der Waals surface area contributed by atoms with Gasteiger partial charge in [-0.1, -0.05) is 12.1 Å². The highest BCUT2D eigenvalue weighted by atomic mass is 16.5. The molecular formula is C14H21NO4. The minimum atomic E-state index is -1.08. The van der Waals surface area contributed by atoms with Crippen molar-refractivity contribution in [3.8, 4) is 5.75 Å². The van der Waals surface area contributed by atoms with Crippen LogP contribution in [0.2, 0.25) is 0 Å². The van der Waals surface area contributed by atoms with E-state index in [1.54, 1.807) is 31.2 Å². The second-order valence-corrected chi connectivity index (χ2v) is 4.85. The molecule has 0 saturated heterocycles. The summed E-state index contributed by atoms with van der Waals surface area (Å²) >= 11 is 0. The van der Waals surface area contributed by atoms with Crippen molar-refractivity contribution in [1.82, 2.24) is 0 Å². The lowest BCUT2D eigenvalue weighted by molar-refractivity contribution is -0.147. The quantitative estimate of drug-likeness (QED) is 0.757. The van der Waals surface area contributed by atoms with Crippen LogP contribution in [0.5, 0.6) is 5.75 Å². The van der Waals surface area contributed by atoms with Gasteiger partial charge in [0.25, 0.3) is 0 Å². The maximum absolute atomic E-state index is 11.5. The van der Waals surface area contributed by atoms with Crippen LogP contribution in [0.15, 0.2) is 24.3 Å². The summed E-state index contributed by atoms with van der Waals surface area (Å²) in [6, 6.07) is 7.15. The summed E-state index contributed by atoms with van der Waals surface area (Å²) in [7, 11) is 1.31. The molecule has 106 valence electrons. The standard InChI is InChI=1S/C14H21NO4/c1-10(8-14(2,15)13(17)18-3)19-12-6-4-5-11(7-12)9-16/h4-7,10,16H,8-9,15H2,1-3H3. The van der Waals surface area contributed by atoms with Gasteiger partial charge in [-0.3, -0.25) is 4.79 Å². The SMILES string of the molecule is COC(=O)C(C)(N)CC(C)Oc1cccc(CO)c1. The second kappa shape index (κ2) is 6.54. The lowest BCUT2D eigenvalue weighted by Gasteiger charge is -2.25. The number of aliphatic hydroxyl groups excluding tert-OH is 1. The number of aliphatic hydroxyl groups is 1. The van der Waals surface area contributed by atoms with Crippen molar-refractivity contribution >= 4 is 5.97 Å². The first-order valence-corrected chi connectivity index (χ1v) is 6.13. The van der Waals surface area contributed by atoms with Crippen molar-refractivity contribution in [3.63, 3.8) is 0 Å². The number of benzene rings is 1. The Kier molecular flexibility index (Phi) is 5.32. The molecule has 0 aliphatic carbocycles. The first-order valence-electron chi connectivity index (χ1n) is 6.13. The van der Waals surface area contributed by atoms with E-state index >= 15 is 0 Å². The Balaban J connectivity index is 2.64. The van der Waals surface area contributed by atoms with Crippen molar-refractivity contribution in [2.24, 2.45) is 5.73 Å². The molecule has 0 spiro atoms. The van der Waals surface area contributed by atoms with Gasteiger partial charge < -0.3 is 20.3 Å². The van der Waals surface area contributed by atoms with Crippen molar-refractivity contribution in [2.45, 2.75) is 38.5 Å². The summed E-state index contributed by atoms with van der Waals surface area (Å²) in [4.78, 5) is 11.5. The van der Waals surface area contributed by atoms with E-state index in [-0.39, 0.29) is 12.7 Å². The van der Waals surface area contributed by atoms with Crippen LogP contribution in [0.25, 0.3) is 0 Å². The van der Waals surface area contributed by atoms with E-state index in [4.69, 9.17) is 15.6 Å². The normalized spacial score (nSPS) is 15.4. The van der Waals surface area contributed by atoms with Gasteiger partial charge in [-0.25, -0.2) is 0 Å². The average molecular weight is 267 g/mol. The van der Waals surface area contributed by atoms with Crippen LogP contribution < -0.4 is 10.5 Å². The third-order valence-corrected chi connectivity index (χ3v) is 2.78. The Bertz CT molecular complexity index is 431. The van der Waals surface area contributed by atoms with Gasteiger partial charge in [-0.2, -0.15) is 0 Å². The van der Waals surface area contributed by atoms with E-state index in [1.165, 1.54) is 7.11 Å². The fourth-order valence-electron chi connectivity index (χ4n) is 1.90. The number of hydrogen-bond acceptors (Lipinski definition) is 5. The Morgan fingerprint density at radius 1 is 1.53 bits per heavy atom. The second-order valence-electron chi connectivity index (χ2n) is 4.85. The van der Waals surface area contributed by atoms with E-state index < -0.39 is 11.5 Å². The van der Waals surface area contributed by atoms with Gasteiger partial charge in [0.15, 0.2) is 0 Å². The van der Waals surface area contributed by atoms with Gasteiger partial charge in [-0.15, -0.1) is 0 Å². The van der Waals surface area contributed by atoms with E-state index in [9.17, 15) is 4.79 Å². The highest BCUT2D eigenvalue weighted by Crippen LogP contribution is 2.19. The monoisotopic (exact) mass is 267 g/mol. The number of hydrogen-bond donors (Lipinski definition) is 2. The molecule has 3 N–H and O–H groups in total. The number of esters is 1. The molecule has 0 bridgehead atoms. The molecule has 1 aromatic carbocycles. The molecule has 5 nitrogen and oxygen atoms in total. The highest BCUT2D eigenvalue weighted by molar-refractivity contribution is 5.79. The first kappa shape index (κ1) is 15.5. The topological polar surface area (TPSA) is 81.8 Å². The fraction of sp³-hybridized carbons (Fsp3) is 0.500. The van der Waals surface area contributed by atoms with Crippen LogP contribution in [0.4, 0.5) is 0 Å². The smallest absolute Gasteiger partial charge is 0.325 e. The summed E-state index contributed by atoms with van der Waals surface area (Å²) in [5, 5.41) is 9.05. The van der Waals surface area contributed by atoms with Crippen molar-refractivity contribution in [1.29, 1.82) is 0 Å². The molecule has 5 heteroatoms. The van der Waals surface area contributed by atoms with Gasteiger partial charge in [0.2, 0.25) is 0 Å². The Morgan fingerprint density at radius 3 is 2.79 bits per heavy atom. The minimum Gasteiger partial charge on any atom is -0.491 e. The number of rotatable bonds is 6. The molecule has 0 heterocycles. The fourth-order valence-corrected chi connectivity index (χ4v) is 1.90. The Hall–Kier alpha value is -1.59. The maximum atomic E-state index is 11.5. The lowest BCUT2D eigenvalue weighted by atomic mass is 9.96. The largest absolute Gasteiger partial charge is 0.491 e. The maximum Gasteiger partial charge on any atom is 0.325 e. The molecule has 0 radical (unpaired) electrons. The number of ether oxygens (including phenoxy) is 2. The number of carbonyl (C=O) groups is 1. The molecule has 2 unspecified atom stereocenters. The van der Waals surface area contributed by atoms with E-state index in [2.05, 4.69) is 4.74 Å². The van der Waals surface area contributed by atoms with Crippen LogP contribution in [-0.2, 0) is 16.1 Å². The molecule has 0 aliphatic heterocycles. The Morgan fingerprint density at radius 2 is 2.21 bits per heavy atom. The lowest BCUT2D eigenvalue weighted by Crippen LogP contribution is -2.48. The molecule has 19 heavy (non-hydrogen) atoms. The predicted molar refractivity (Wildman–Crippen MR) is 71.7 cm³/mol. The summed E-state index contributed by atoms with van der Waals surface area (Å²) in [6.45, 7) is 3.41. The molecule has 0 saturated carbocycles. The minimum absolute atomic E-state index is 0.0393. The molecule has 0 fully saturated rings. The summed E-state index contributed by atoms with van der Waals surface area (Å²) in [5.74, 6) is 0.173. The van der Waals surface area contributed by atoms with Crippen molar-refractivity contribution < 1.29 is 19.4 Å². The van der Waals surface area contributed by atoms with Crippen LogP contribution >= 0.6 is 0 Å².